The van der Waals surface area contributed by atoms with Crippen LogP contribution < -0.4 is 0 Å². The van der Waals surface area contributed by atoms with Gasteiger partial charge in [-0.15, -0.1) is 0 Å². The molecule has 0 radical (unpaired) electrons. The topological polar surface area (TPSA) is 0 Å². The summed E-state index contributed by atoms with van der Waals surface area (Å²) in [6.07, 6.45) is 5.39. The Morgan fingerprint density at radius 3 is 2.20 bits per heavy atom. The SMILES string of the molecule is IC#CC1CCC(I)CC1. The van der Waals surface area contributed by atoms with Crippen molar-refractivity contribution in [2.45, 2.75) is 29.6 Å². The second-order valence-corrected chi connectivity index (χ2v) is 4.99. The molecular formula is C8H10I2. The fourth-order valence-corrected chi connectivity index (χ4v) is 2.43. The highest BCUT2D eigenvalue weighted by atomic mass is 127. The largest absolute Gasteiger partial charge is 0.0885 e. The Balaban J connectivity index is 2.30. The van der Waals surface area contributed by atoms with Gasteiger partial charge in [0.15, 0.2) is 0 Å². The molecule has 1 rings (SSSR count). The molecule has 0 amide bonds. The van der Waals surface area contributed by atoms with Gasteiger partial charge in [-0.1, -0.05) is 28.5 Å². The third-order valence-electron chi connectivity index (χ3n) is 1.92. The number of hydrogen-bond donors (Lipinski definition) is 0. The molecule has 1 fully saturated rings. The van der Waals surface area contributed by atoms with Crippen LogP contribution in [-0.2, 0) is 0 Å². The lowest BCUT2D eigenvalue weighted by molar-refractivity contribution is 0.449. The van der Waals surface area contributed by atoms with Gasteiger partial charge in [0.25, 0.3) is 0 Å². The zero-order chi connectivity index (χ0) is 7.40. The highest BCUT2D eigenvalue weighted by Gasteiger charge is 2.16. The normalized spacial score (nSPS) is 32.6. The summed E-state index contributed by atoms with van der Waals surface area (Å²) in [7, 11) is 0. The van der Waals surface area contributed by atoms with Crippen LogP contribution in [-0.4, -0.2) is 3.92 Å². The third kappa shape index (κ3) is 2.95. The lowest BCUT2D eigenvalue weighted by Gasteiger charge is -2.20. The van der Waals surface area contributed by atoms with E-state index in [9.17, 15) is 0 Å². The molecule has 2 heteroatoms. The quantitative estimate of drug-likeness (QED) is 0.353. The van der Waals surface area contributed by atoms with Crippen LogP contribution in [0, 0.1) is 15.8 Å². The van der Waals surface area contributed by atoms with Gasteiger partial charge in [0.2, 0.25) is 0 Å². The predicted molar refractivity (Wildman–Crippen MR) is 61.6 cm³/mol. The molecule has 0 aromatic rings. The van der Waals surface area contributed by atoms with Crippen molar-refractivity contribution in [1.82, 2.24) is 0 Å². The molecular weight excluding hydrogens is 350 g/mol. The molecule has 1 saturated carbocycles. The van der Waals surface area contributed by atoms with Crippen LogP contribution >= 0.6 is 45.2 Å². The number of alkyl halides is 1. The minimum absolute atomic E-state index is 0.711. The zero-order valence-corrected chi connectivity index (χ0v) is 10.1. The van der Waals surface area contributed by atoms with Gasteiger partial charge in [0, 0.05) is 32.4 Å². The highest BCUT2D eigenvalue weighted by molar-refractivity contribution is 14.1. The number of hydrogen-bond acceptors (Lipinski definition) is 0. The van der Waals surface area contributed by atoms with E-state index in [4.69, 9.17) is 0 Å². The van der Waals surface area contributed by atoms with Crippen molar-refractivity contribution in [3.05, 3.63) is 0 Å². The Labute approximate surface area is 89.8 Å². The van der Waals surface area contributed by atoms with Crippen molar-refractivity contribution in [3.8, 4) is 9.85 Å². The maximum atomic E-state index is 3.24. The van der Waals surface area contributed by atoms with E-state index in [0.29, 0.717) is 5.92 Å². The maximum Gasteiger partial charge on any atom is 0.0211 e. The van der Waals surface area contributed by atoms with Crippen LogP contribution in [0.25, 0.3) is 0 Å². The summed E-state index contributed by atoms with van der Waals surface area (Å²) >= 11 is 4.68. The summed E-state index contributed by atoms with van der Waals surface area (Å²) in [6, 6.07) is 0. The van der Waals surface area contributed by atoms with Crippen molar-refractivity contribution in [1.29, 1.82) is 0 Å². The average molecular weight is 360 g/mol. The van der Waals surface area contributed by atoms with E-state index in [1.54, 1.807) is 0 Å². The molecule has 0 N–H and O–H groups in total. The van der Waals surface area contributed by atoms with E-state index >= 15 is 0 Å². The van der Waals surface area contributed by atoms with Crippen LogP contribution in [0.2, 0.25) is 0 Å². The van der Waals surface area contributed by atoms with Gasteiger partial charge >= 0.3 is 0 Å². The minimum Gasteiger partial charge on any atom is -0.0885 e. The zero-order valence-electron chi connectivity index (χ0n) is 5.74. The summed E-state index contributed by atoms with van der Waals surface area (Å²) < 4.78 is 3.89. The Kier molecular flexibility index (Phi) is 4.38. The smallest absolute Gasteiger partial charge is 0.0211 e. The number of rotatable bonds is 0. The molecule has 0 atom stereocenters. The van der Waals surface area contributed by atoms with E-state index in [0.717, 1.165) is 3.92 Å². The first-order valence-electron chi connectivity index (χ1n) is 3.58. The van der Waals surface area contributed by atoms with Crippen molar-refractivity contribution in [2.75, 3.05) is 0 Å². The number of halogens is 2. The summed E-state index contributed by atoms with van der Waals surface area (Å²) in [4.78, 5) is 0. The molecule has 0 saturated heterocycles. The molecule has 56 valence electrons. The Hall–Kier alpha value is 1.02. The summed E-state index contributed by atoms with van der Waals surface area (Å²) in [6.45, 7) is 0. The molecule has 0 unspecified atom stereocenters. The van der Waals surface area contributed by atoms with Gasteiger partial charge in [-0.05, 0) is 29.6 Å². The van der Waals surface area contributed by atoms with Crippen LogP contribution in [0.3, 0.4) is 0 Å². The maximum absolute atomic E-state index is 3.24. The monoisotopic (exact) mass is 360 g/mol. The highest BCUT2D eigenvalue weighted by Crippen LogP contribution is 2.28. The van der Waals surface area contributed by atoms with Gasteiger partial charge in [0.05, 0.1) is 0 Å². The van der Waals surface area contributed by atoms with E-state index in [-0.39, 0.29) is 0 Å². The van der Waals surface area contributed by atoms with E-state index in [2.05, 4.69) is 55.0 Å². The van der Waals surface area contributed by atoms with E-state index < -0.39 is 0 Å². The van der Waals surface area contributed by atoms with Gasteiger partial charge in [-0.2, -0.15) is 0 Å². The van der Waals surface area contributed by atoms with Crippen molar-refractivity contribution >= 4 is 45.2 Å². The van der Waals surface area contributed by atoms with Gasteiger partial charge < -0.3 is 0 Å². The first-order chi connectivity index (χ1) is 4.83. The Bertz CT molecular complexity index is 146. The van der Waals surface area contributed by atoms with Crippen molar-refractivity contribution in [2.24, 2.45) is 5.92 Å². The summed E-state index contributed by atoms with van der Waals surface area (Å²) in [5, 5.41) is 0. The van der Waals surface area contributed by atoms with Crippen LogP contribution in [0.4, 0.5) is 0 Å². The summed E-state index contributed by atoms with van der Waals surface area (Å²) in [5.74, 6) is 3.95. The lowest BCUT2D eigenvalue weighted by Crippen LogP contribution is -2.11. The molecule has 10 heavy (non-hydrogen) atoms. The van der Waals surface area contributed by atoms with Crippen LogP contribution in [0.5, 0.6) is 0 Å². The second-order valence-electron chi connectivity index (χ2n) is 2.69. The summed E-state index contributed by atoms with van der Waals surface area (Å²) in [5.41, 5.74) is 0. The average Bonchev–Trinajstić information content (AvgIpc) is 1.95. The van der Waals surface area contributed by atoms with Gasteiger partial charge in [-0.3, -0.25) is 0 Å². The predicted octanol–water partition coefficient (Wildman–Crippen LogP) is 3.38. The minimum atomic E-state index is 0.711. The Morgan fingerprint density at radius 2 is 1.70 bits per heavy atom. The molecule has 0 aromatic carbocycles. The van der Waals surface area contributed by atoms with E-state index in [1.807, 2.05) is 0 Å². The molecule has 0 heterocycles. The second kappa shape index (κ2) is 4.81. The molecule has 0 aromatic heterocycles. The lowest BCUT2D eigenvalue weighted by atomic mass is 9.90. The molecule has 0 spiro atoms. The molecule has 0 aliphatic heterocycles. The first kappa shape index (κ1) is 9.11. The molecule has 0 nitrogen and oxygen atoms in total. The van der Waals surface area contributed by atoms with Crippen LogP contribution in [0.15, 0.2) is 0 Å². The van der Waals surface area contributed by atoms with E-state index in [1.165, 1.54) is 25.7 Å². The molecule has 1 aliphatic rings. The fraction of sp³-hybridized carbons (Fsp3) is 0.750. The van der Waals surface area contributed by atoms with Gasteiger partial charge in [-0.25, -0.2) is 0 Å². The fourth-order valence-electron chi connectivity index (χ4n) is 1.27. The third-order valence-corrected chi connectivity index (χ3v) is 3.47. The van der Waals surface area contributed by atoms with Crippen molar-refractivity contribution in [3.63, 3.8) is 0 Å². The Morgan fingerprint density at radius 1 is 1.10 bits per heavy atom. The molecule has 1 aliphatic carbocycles. The van der Waals surface area contributed by atoms with Crippen molar-refractivity contribution < 1.29 is 0 Å². The standard InChI is InChI=1S/C8H10I2/c9-6-5-7-1-3-8(10)4-2-7/h7-8H,1-4H2. The van der Waals surface area contributed by atoms with Crippen LogP contribution in [0.1, 0.15) is 25.7 Å². The first-order valence-corrected chi connectivity index (χ1v) is 5.90. The molecule has 0 bridgehead atoms. The van der Waals surface area contributed by atoms with Gasteiger partial charge in [0.1, 0.15) is 0 Å².